The predicted octanol–water partition coefficient (Wildman–Crippen LogP) is 4.49. The number of hydrogen-bond donors (Lipinski definition) is 0. The van der Waals surface area contributed by atoms with Crippen LogP contribution in [0.15, 0.2) is 23.0 Å². The Balaban J connectivity index is 1.56. The molecule has 2 aliphatic heterocycles. The molecule has 1 unspecified atom stereocenters. The molecule has 7 nitrogen and oxygen atoms in total. The summed E-state index contributed by atoms with van der Waals surface area (Å²) in [4.78, 5) is 35.2. The summed E-state index contributed by atoms with van der Waals surface area (Å²) in [5, 5.41) is 0.601. The highest BCUT2D eigenvalue weighted by Crippen LogP contribution is 2.41. The number of aryl methyl sites for hydroxylation is 2. The highest BCUT2D eigenvalue weighted by molar-refractivity contribution is 7.20. The van der Waals surface area contributed by atoms with Crippen LogP contribution in [0.1, 0.15) is 64.8 Å². The fourth-order valence-corrected chi connectivity index (χ4v) is 6.32. The van der Waals surface area contributed by atoms with Crippen molar-refractivity contribution in [3.05, 3.63) is 50.4 Å². The first-order valence-electron chi connectivity index (χ1n) is 11.6. The summed E-state index contributed by atoms with van der Waals surface area (Å²) < 4.78 is 12.8. The molecule has 5 rings (SSSR count). The van der Waals surface area contributed by atoms with Gasteiger partial charge in [0, 0.05) is 25.1 Å². The number of thiophene rings is 1. The van der Waals surface area contributed by atoms with Gasteiger partial charge >= 0.3 is 0 Å². The van der Waals surface area contributed by atoms with E-state index in [9.17, 15) is 9.59 Å². The van der Waals surface area contributed by atoms with E-state index in [0.717, 1.165) is 67.0 Å². The molecular formula is C25H29N3O4S. The Morgan fingerprint density at radius 3 is 2.76 bits per heavy atom. The second-order valence-electron chi connectivity index (χ2n) is 8.80. The van der Waals surface area contributed by atoms with Crippen molar-refractivity contribution >= 4 is 27.5 Å². The van der Waals surface area contributed by atoms with E-state index in [0.29, 0.717) is 28.2 Å². The average molecular weight is 468 g/mol. The Morgan fingerprint density at radius 1 is 1.12 bits per heavy atom. The normalized spacial score (nSPS) is 18.3. The van der Waals surface area contributed by atoms with Crippen molar-refractivity contribution in [2.75, 3.05) is 20.8 Å². The van der Waals surface area contributed by atoms with Gasteiger partial charge in [0.2, 0.25) is 0 Å². The van der Waals surface area contributed by atoms with Gasteiger partial charge in [0.25, 0.3) is 11.5 Å². The fourth-order valence-electron chi connectivity index (χ4n) is 5.18. The molecule has 4 heterocycles. The van der Waals surface area contributed by atoms with Crippen LogP contribution in [0, 0.1) is 6.92 Å². The lowest BCUT2D eigenvalue weighted by molar-refractivity contribution is 0.0738. The van der Waals surface area contributed by atoms with Gasteiger partial charge in [0.1, 0.15) is 22.2 Å². The van der Waals surface area contributed by atoms with Crippen molar-refractivity contribution in [1.29, 1.82) is 0 Å². The number of carbonyl (C=O) groups is 1. The SMILES string of the molecule is COc1ccc(OC)c(C2CCCN2C(=O)c2sc3nc4n(c(=O)c3c2C)CCCCC4)c1. The highest BCUT2D eigenvalue weighted by atomic mass is 32.1. The van der Waals surface area contributed by atoms with Gasteiger partial charge in [-0.2, -0.15) is 0 Å². The van der Waals surface area contributed by atoms with E-state index >= 15 is 0 Å². The van der Waals surface area contributed by atoms with Crippen LogP contribution in [0.25, 0.3) is 10.2 Å². The quantitative estimate of drug-likeness (QED) is 0.565. The second kappa shape index (κ2) is 8.82. The molecule has 1 amide bonds. The highest BCUT2D eigenvalue weighted by Gasteiger charge is 2.35. The summed E-state index contributed by atoms with van der Waals surface area (Å²) in [5.41, 5.74) is 1.70. The number of aromatic nitrogens is 2. The van der Waals surface area contributed by atoms with Gasteiger partial charge in [-0.15, -0.1) is 11.3 Å². The van der Waals surface area contributed by atoms with E-state index in [2.05, 4.69) is 0 Å². The van der Waals surface area contributed by atoms with Gasteiger partial charge in [-0.05, 0) is 56.4 Å². The molecule has 0 radical (unpaired) electrons. The number of methoxy groups -OCH3 is 2. The Morgan fingerprint density at radius 2 is 1.97 bits per heavy atom. The van der Waals surface area contributed by atoms with Crippen LogP contribution in [0.4, 0.5) is 0 Å². The second-order valence-corrected chi connectivity index (χ2v) is 9.80. The Labute approximate surface area is 197 Å². The number of rotatable bonds is 4. The number of ether oxygens (including phenoxy) is 2. The Hall–Kier alpha value is -2.87. The maximum Gasteiger partial charge on any atom is 0.264 e. The van der Waals surface area contributed by atoms with Gasteiger partial charge in [-0.25, -0.2) is 4.98 Å². The molecule has 33 heavy (non-hydrogen) atoms. The van der Waals surface area contributed by atoms with E-state index in [4.69, 9.17) is 14.5 Å². The molecule has 0 saturated carbocycles. The molecule has 1 aromatic carbocycles. The monoisotopic (exact) mass is 467 g/mol. The molecule has 0 aliphatic carbocycles. The van der Waals surface area contributed by atoms with E-state index in [-0.39, 0.29) is 17.5 Å². The lowest BCUT2D eigenvalue weighted by atomic mass is 10.0. The summed E-state index contributed by atoms with van der Waals surface area (Å²) in [5.74, 6) is 2.30. The Kier molecular flexibility index (Phi) is 5.86. The summed E-state index contributed by atoms with van der Waals surface area (Å²) >= 11 is 1.36. The molecule has 1 saturated heterocycles. The van der Waals surface area contributed by atoms with Gasteiger partial charge in [0.15, 0.2) is 0 Å². The number of hydrogen-bond acceptors (Lipinski definition) is 6. The summed E-state index contributed by atoms with van der Waals surface area (Å²) in [6, 6.07) is 5.61. The smallest absolute Gasteiger partial charge is 0.264 e. The van der Waals surface area contributed by atoms with Gasteiger partial charge in [-0.3, -0.25) is 14.2 Å². The van der Waals surface area contributed by atoms with Crippen molar-refractivity contribution in [3.63, 3.8) is 0 Å². The third-order valence-electron chi connectivity index (χ3n) is 6.92. The molecule has 1 atom stereocenters. The van der Waals surface area contributed by atoms with Crippen molar-refractivity contribution in [1.82, 2.24) is 14.5 Å². The van der Waals surface area contributed by atoms with Crippen LogP contribution in [0.3, 0.4) is 0 Å². The lowest BCUT2D eigenvalue weighted by Gasteiger charge is -2.26. The zero-order valence-electron chi connectivity index (χ0n) is 19.3. The molecule has 1 fully saturated rings. The molecule has 2 aromatic heterocycles. The van der Waals surface area contributed by atoms with Crippen molar-refractivity contribution in [3.8, 4) is 11.5 Å². The van der Waals surface area contributed by atoms with E-state index < -0.39 is 0 Å². The molecule has 0 N–H and O–H groups in total. The van der Waals surface area contributed by atoms with Crippen LogP contribution >= 0.6 is 11.3 Å². The summed E-state index contributed by atoms with van der Waals surface area (Å²) in [7, 11) is 3.28. The zero-order chi connectivity index (χ0) is 23.1. The number of nitrogens with zero attached hydrogens (tertiary/aromatic N) is 3. The number of benzene rings is 1. The van der Waals surface area contributed by atoms with E-state index in [1.54, 1.807) is 14.2 Å². The van der Waals surface area contributed by atoms with Gasteiger partial charge in [-0.1, -0.05) is 6.42 Å². The average Bonchev–Trinajstić information content (AvgIpc) is 3.36. The molecular weight excluding hydrogens is 438 g/mol. The Bertz CT molecular complexity index is 1280. The number of likely N-dealkylation sites (tertiary alicyclic amines) is 1. The molecule has 174 valence electrons. The van der Waals surface area contributed by atoms with Crippen LogP contribution < -0.4 is 15.0 Å². The van der Waals surface area contributed by atoms with Gasteiger partial charge in [0.05, 0.1) is 30.5 Å². The standard InChI is InChI=1S/C25H29N3O4S/c1-15-21-23(26-20-9-5-4-6-12-28(20)24(21)29)33-22(15)25(30)27-13-7-8-18(27)17-14-16(31-2)10-11-19(17)32-3/h10-11,14,18H,4-9,12-13H2,1-3H3. The zero-order valence-corrected chi connectivity index (χ0v) is 20.2. The number of fused-ring (bicyclic) bond motifs is 2. The number of carbonyl (C=O) groups excluding carboxylic acids is 1. The molecule has 3 aromatic rings. The van der Waals surface area contributed by atoms with E-state index in [1.165, 1.54) is 11.3 Å². The molecule has 8 heteroatoms. The summed E-state index contributed by atoms with van der Waals surface area (Å²) in [6.45, 7) is 3.26. The van der Waals surface area contributed by atoms with Crippen LogP contribution in [-0.4, -0.2) is 41.1 Å². The third-order valence-corrected chi connectivity index (χ3v) is 8.09. The molecule has 0 spiro atoms. The topological polar surface area (TPSA) is 73.7 Å². The van der Waals surface area contributed by atoms with Crippen LogP contribution in [0.5, 0.6) is 11.5 Å². The minimum Gasteiger partial charge on any atom is -0.497 e. The fraction of sp³-hybridized carbons (Fsp3) is 0.480. The van der Waals surface area contributed by atoms with Crippen LogP contribution in [0.2, 0.25) is 0 Å². The first kappa shape index (κ1) is 21.9. The van der Waals surface area contributed by atoms with Crippen molar-refractivity contribution in [2.24, 2.45) is 0 Å². The van der Waals surface area contributed by atoms with E-state index in [1.807, 2.05) is 34.6 Å². The first-order chi connectivity index (χ1) is 16.0. The largest absolute Gasteiger partial charge is 0.497 e. The molecule has 0 bridgehead atoms. The summed E-state index contributed by atoms with van der Waals surface area (Å²) in [6.07, 6.45) is 5.74. The van der Waals surface area contributed by atoms with Crippen LogP contribution in [-0.2, 0) is 13.0 Å². The minimum atomic E-state index is -0.0991. The lowest BCUT2D eigenvalue weighted by Crippen LogP contribution is -2.30. The minimum absolute atomic E-state index is 0.00265. The molecule has 2 aliphatic rings. The third kappa shape index (κ3) is 3.70. The number of amides is 1. The van der Waals surface area contributed by atoms with Crippen molar-refractivity contribution < 1.29 is 14.3 Å². The maximum atomic E-state index is 13.8. The van der Waals surface area contributed by atoms with Crippen molar-refractivity contribution in [2.45, 2.75) is 58.0 Å². The first-order valence-corrected chi connectivity index (χ1v) is 12.4. The maximum absolute atomic E-state index is 13.8. The van der Waals surface area contributed by atoms with Gasteiger partial charge < -0.3 is 14.4 Å². The predicted molar refractivity (Wildman–Crippen MR) is 129 cm³/mol.